The summed E-state index contributed by atoms with van der Waals surface area (Å²) < 4.78 is 4.01. The molecule has 0 unspecified atom stereocenters. The first-order chi connectivity index (χ1) is 9.15. The highest BCUT2D eigenvalue weighted by molar-refractivity contribution is 5.66. The van der Waals surface area contributed by atoms with Crippen molar-refractivity contribution in [3.63, 3.8) is 0 Å². The van der Waals surface area contributed by atoms with E-state index in [0.717, 1.165) is 12.1 Å². The highest BCUT2D eigenvalue weighted by Crippen LogP contribution is 2.15. The van der Waals surface area contributed by atoms with Gasteiger partial charge < -0.3 is 5.11 Å². The second-order valence-corrected chi connectivity index (χ2v) is 4.57. The Hall–Kier alpha value is -2.23. The van der Waals surface area contributed by atoms with E-state index in [1.807, 2.05) is 41.0 Å². The van der Waals surface area contributed by atoms with Gasteiger partial charge in [-0.25, -0.2) is 9.13 Å². The van der Waals surface area contributed by atoms with Gasteiger partial charge in [0.1, 0.15) is 13.6 Å². The van der Waals surface area contributed by atoms with Crippen molar-refractivity contribution in [2.24, 2.45) is 7.05 Å². The molecule has 0 spiro atoms. The Morgan fingerprint density at radius 1 is 1.05 bits per heavy atom. The monoisotopic (exact) mass is 258 g/mol. The van der Waals surface area contributed by atoms with Crippen molar-refractivity contribution in [2.45, 2.75) is 19.4 Å². The average molecular weight is 258 g/mol. The molecule has 0 bridgehead atoms. The number of carbonyl (C=O) groups is 1. The Bertz CT molecular complexity index is 547. The van der Waals surface area contributed by atoms with Crippen LogP contribution in [0, 0.1) is 0 Å². The van der Waals surface area contributed by atoms with E-state index in [-0.39, 0.29) is 6.42 Å². The summed E-state index contributed by atoms with van der Waals surface area (Å²) in [5.41, 5.74) is 2.34. The summed E-state index contributed by atoms with van der Waals surface area (Å²) in [5, 5.41) is 8.60. The van der Waals surface area contributed by atoms with E-state index in [1.54, 1.807) is 0 Å². The first-order valence-corrected chi connectivity index (χ1v) is 6.32. The summed E-state index contributed by atoms with van der Waals surface area (Å²) >= 11 is 0. The number of aryl methyl sites for hydroxylation is 2. The fourth-order valence-electron chi connectivity index (χ4n) is 1.91. The van der Waals surface area contributed by atoms with Gasteiger partial charge in [-0.15, -0.1) is 0 Å². The molecule has 0 aliphatic rings. The molecule has 2 aromatic heterocycles. The lowest BCUT2D eigenvalue weighted by Gasteiger charge is -2.00. The van der Waals surface area contributed by atoms with Gasteiger partial charge in [0.05, 0.1) is 6.42 Å². The number of rotatable bonds is 5. The highest BCUT2D eigenvalue weighted by Gasteiger charge is 2.05. The molecule has 0 radical (unpaired) electrons. The Morgan fingerprint density at radius 2 is 1.58 bits per heavy atom. The number of hydrogen-bond donors (Lipinski definition) is 1. The SMILES string of the molecule is C[n+]1ccc(-c2cc[n+](CCCC(=O)O)cc2)cc1. The number of hydrogen-bond acceptors (Lipinski definition) is 1. The van der Waals surface area contributed by atoms with Crippen LogP contribution in [0.1, 0.15) is 12.8 Å². The van der Waals surface area contributed by atoms with Gasteiger partial charge in [0, 0.05) is 30.7 Å². The molecule has 0 aliphatic heterocycles. The molecule has 2 aromatic rings. The topological polar surface area (TPSA) is 45.1 Å². The minimum atomic E-state index is -0.741. The average Bonchev–Trinajstić information content (AvgIpc) is 2.40. The Kier molecular flexibility index (Phi) is 4.23. The van der Waals surface area contributed by atoms with Crippen LogP contribution in [0.15, 0.2) is 49.1 Å². The number of pyridine rings is 2. The Labute approximate surface area is 112 Å². The van der Waals surface area contributed by atoms with Crippen LogP contribution < -0.4 is 9.13 Å². The molecule has 0 aromatic carbocycles. The number of aromatic nitrogens is 2. The van der Waals surface area contributed by atoms with Gasteiger partial charge >= 0.3 is 5.97 Å². The van der Waals surface area contributed by atoms with E-state index in [9.17, 15) is 4.79 Å². The summed E-state index contributed by atoms with van der Waals surface area (Å²) in [4.78, 5) is 10.4. The molecule has 4 nitrogen and oxygen atoms in total. The van der Waals surface area contributed by atoms with Crippen LogP contribution in [-0.2, 0) is 18.4 Å². The maximum Gasteiger partial charge on any atom is 0.303 e. The summed E-state index contributed by atoms with van der Waals surface area (Å²) in [6.45, 7) is 0.732. The quantitative estimate of drug-likeness (QED) is 0.822. The molecular formula is C15H18N2O2+2. The van der Waals surface area contributed by atoms with Gasteiger partial charge in [-0.2, -0.15) is 0 Å². The van der Waals surface area contributed by atoms with Crippen molar-refractivity contribution < 1.29 is 19.0 Å². The molecule has 19 heavy (non-hydrogen) atoms. The van der Waals surface area contributed by atoms with E-state index in [2.05, 4.69) is 24.3 Å². The molecule has 0 saturated carbocycles. The van der Waals surface area contributed by atoms with Crippen LogP contribution in [-0.4, -0.2) is 11.1 Å². The zero-order valence-corrected chi connectivity index (χ0v) is 11.0. The third kappa shape index (κ3) is 3.88. The number of carboxylic acids is 1. The number of nitrogens with zero attached hydrogens (tertiary/aromatic N) is 2. The van der Waals surface area contributed by atoms with E-state index in [4.69, 9.17) is 5.11 Å². The van der Waals surface area contributed by atoms with Gasteiger partial charge in [0.15, 0.2) is 24.8 Å². The van der Waals surface area contributed by atoms with E-state index in [1.165, 1.54) is 5.56 Å². The van der Waals surface area contributed by atoms with Gasteiger partial charge in [0.2, 0.25) is 0 Å². The van der Waals surface area contributed by atoms with Crippen LogP contribution >= 0.6 is 0 Å². The van der Waals surface area contributed by atoms with E-state index >= 15 is 0 Å². The molecule has 2 heterocycles. The van der Waals surface area contributed by atoms with E-state index < -0.39 is 5.97 Å². The lowest BCUT2D eigenvalue weighted by molar-refractivity contribution is -0.697. The first-order valence-electron chi connectivity index (χ1n) is 6.32. The smallest absolute Gasteiger partial charge is 0.303 e. The lowest BCUT2D eigenvalue weighted by atomic mass is 10.1. The molecule has 4 heteroatoms. The molecule has 0 aliphatic carbocycles. The van der Waals surface area contributed by atoms with Crippen molar-refractivity contribution in [3.05, 3.63) is 49.1 Å². The fourth-order valence-corrected chi connectivity index (χ4v) is 1.91. The van der Waals surface area contributed by atoms with Crippen LogP contribution in [0.4, 0.5) is 0 Å². The molecule has 0 atom stereocenters. The van der Waals surface area contributed by atoms with Gasteiger partial charge in [-0.3, -0.25) is 4.79 Å². The predicted molar refractivity (Wildman–Crippen MR) is 70.1 cm³/mol. The Morgan fingerprint density at radius 3 is 2.11 bits per heavy atom. The molecule has 1 N–H and O–H groups in total. The maximum absolute atomic E-state index is 10.4. The maximum atomic E-state index is 10.4. The molecule has 0 fully saturated rings. The van der Waals surface area contributed by atoms with Gasteiger partial charge in [0.25, 0.3) is 0 Å². The first kappa shape index (κ1) is 13.2. The van der Waals surface area contributed by atoms with Gasteiger partial charge in [-0.1, -0.05) is 0 Å². The molecule has 0 amide bonds. The van der Waals surface area contributed by atoms with Crippen molar-refractivity contribution in [3.8, 4) is 11.1 Å². The second-order valence-electron chi connectivity index (χ2n) is 4.57. The van der Waals surface area contributed by atoms with Crippen molar-refractivity contribution in [1.29, 1.82) is 0 Å². The minimum Gasteiger partial charge on any atom is -0.481 e. The standard InChI is InChI=1S/C15H17N2O2/c1-16-9-4-13(5-10-16)14-6-11-17(12-7-14)8-2-3-15(18)19/h4-7,9-12H,2-3,8H2,1H3/q+1/p+1. The minimum absolute atomic E-state index is 0.212. The highest BCUT2D eigenvalue weighted by atomic mass is 16.4. The normalized spacial score (nSPS) is 10.4. The van der Waals surface area contributed by atoms with Crippen molar-refractivity contribution in [1.82, 2.24) is 0 Å². The van der Waals surface area contributed by atoms with Crippen LogP contribution in [0.3, 0.4) is 0 Å². The Balaban J connectivity index is 2.02. The lowest BCUT2D eigenvalue weighted by Crippen LogP contribution is -2.32. The number of carboxylic acid groups (broad SMARTS) is 1. The zero-order valence-electron chi connectivity index (χ0n) is 11.0. The molecule has 98 valence electrons. The molecule has 2 rings (SSSR count). The largest absolute Gasteiger partial charge is 0.481 e. The van der Waals surface area contributed by atoms with Crippen LogP contribution in [0.25, 0.3) is 11.1 Å². The fraction of sp³-hybridized carbons (Fsp3) is 0.267. The predicted octanol–water partition coefficient (Wildman–Crippen LogP) is 1.33. The summed E-state index contributed by atoms with van der Waals surface area (Å²) in [6, 6.07) is 8.25. The molecular weight excluding hydrogens is 240 g/mol. The second kappa shape index (κ2) is 6.09. The number of aliphatic carboxylic acids is 1. The molecule has 0 saturated heterocycles. The zero-order chi connectivity index (χ0) is 13.7. The van der Waals surface area contributed by atoms with E-state index in [0.29, 0.717) is 6.42 Å². The third-order valence-electron chi connectivity index (χ3n) is 3.01. The van der Waals surface area contributed by atoms with Gasteiger partial charge in [-0.05, 0) is 11.1 Å². The van der Waals surface area contributed by atoms with Crippen LogP contribution in [0.2, 0.25) is 0 Å². The van der Waals surface area contributed by atoms with Crippen molar-refractivity contribution >= 4 is 5.97 Å². The summed E-state index contributed by atoms with van der Waals surface area (Å²) in [7, 11) is 1.99. The van der Waals surface area contributed by atoms with Crippen molar-refractivity contribution in [2.75, 3.05) is 0 Å². The summed E-state index contributed by atoms with van der Waals surface area (Å²) in [5.74, 6) is -0.741. The summed E-state index contributed by atoms with van der Waals surface area (Å²) in [6.07, 6.45) is 8.88. The third-order valence-corrected chi connectivity index (χ3v) is 3.01. The van der Waals surface area contributed by atoms with Crippen LogP contribution in [0.5, 0.6) is 0 Å².